The largest absolute Gasteiger partial charge is 0.354 e. The van der Waals surface area contributed by atoms with Gasteiger partial charge in [-0.15, -0.1) is 0 Å². The van der Waals surface area contributed by atoms with Crippen LogP contribution in [-0.2, 0) is 10.0 Å². The van der Waals surface area contributed by atoms with Gasteiger partial charge in [0.25, 0.3) is 10.0 Å². The summed E-state index contributed by atoms with van der Waals surface area (Å²) in [7, 11) is -3.89. The molecule has 0 amide bonds. The summed E-state index contributed by atoms with van der Waals surface area (Å²) in [6.45, 7) is 0. The van der Waals surface area contributed by atoms with Crippen molar-refractivity contribution in [1.82, 2.24) is 10.1 Å². The Labute approximate surface area is 142 Å². The van der Waals surface area contributed by atoms with E-state index in [-0.39, 0.29) is 10.7 Å². The summed E-state index contributed by atoms with van der Waals surface area (Å²) >= 11 is 6.13. The molecule has 0 fully saturated rings. The second kappa shape index (κ2) is 5.47. The molecule has 2 aromatic heterocycles. The minimum atomic E-state index is -3.89. The zero-order valence-electron chi connectivity index (χ0n) is 12.1. The number of anilines is 1. The molecule has 0 aliphatic carbocycles. The number of aromatic nitrogens is 2. The molecule has 8 heteroatoms. The average Bonchev–Trinajstić information content (AvgIpc) is 2.98. The van der Waals surface area contributed by atoms with Crippen LogP contribution in [0.5, 0.6) is 0 Å². The molecule has 0 aliphatic rings. The molecule has 2 heterocycles. The van der Waals surface area contributed by atoms with Crippen molar-refractivity contribution >= 4 is 49.2 Å². The number of fused-ring (bicyclic) bond motifs is 2. The summed E-state index contributed by atoms with van der Waals surface area (Å²) in [5.74, 6) is 0.0523. The molecule has 0 atom stereocenters. The zero-order chi connectivity index (χ0) is 16.7. The summed E-state index contributed by atoms with van der Waals surface area (Å²) in [5.41, 5.74) is 0.403. The second-order valence-electron chi connectivity index (χ2n) is 5.10. The number of benzene rings is 2. The highest BCUT2D eigenvalue weighted by atomic mass is 35.5. The van der Waals surface area contributed by atoms with Crippen molar-refractivity contribution in [2.24, 2.45) is 0 Å². The molecule has 0 unspecified atom stereocenters. The average molecular weight is 360 g/mol. The van der Waals surface area contributed by atoms with Crippen molar-refractivity contribution in [1.29, 1.82) is 0 Å². The summed E-state index contributed by atoms with van der Waals surface area (Å²) in [4.78, 5) is 4.11. The Morgan fingerprint density at radius 3 is 2.79 bits per heavy atom. The van der Waals surface area contributed by atoms with Crippen molar-refractivity contribution in [3.05, 3.63) is 59.9 Å². The lowest BCUT2D eigenvalue weighted by molar-refractivity contribution is 0.460. The lowest BCUT2D eigenvalue weighted by Crippen LogP contribution is -2.14. The fourth-order valence-electron chi connectivity index (χ4n) is 2.52. The number of hydrogen-bond donors (Lipinski definition) is 1. The third-order valence-corrected chi connectivity index (χ3v) is 5.32. The molecule has 0 aliphatic heterocycles. The second-order valence-corrected chi connectivity index (χ2v) is 7.16. The molecule has 0 spiro atoms. The van der Waals surface area contributed by atoms with Gasteiger partial charge in [-0.1, -0.05) is 35.0 Å². The molecule has 6 nitrogen and oxygen atoms in total. The SMILES string of the molecule is O=S(=O)(Nc1noc2cccc(Cl)c12)c1cccc2ccncc12. The topological polar surface area (TPSA) is 85.1 Å². The Kier molecular flexibility index (Phi) is 3.40. The minimum absolute atomic E-state index is 0.0523. The van der Waals surface area contributed by atoms with Gasteiger partial charge in [0.15, 0.2) is 11.4 Å². The van der Waals surface area contributed by atoms with Crippen LogP contribution in [0, 0.1) is 0 Å². The van der Waals surface area contributed by atoms with Gasteiger partial charge in [-0.2, -0.15) is 0 Å². The molecule has 0 saturated heterocycles. The Morgan fingerprint density at radius 1 is 1.08 bits per heavy atom. The number of sulfonamides is 1. The maximum atomic E-state index is 12.8. The van der Waals surface area contributed by atoms with E-state index >= 15 is 0 Å². The van der Waals surface area contributed by atoms with E-state index in [0.717, 1.165) is 5.39 Å². The van der Waals surface area contributed by atoms with Crippen LogP contribution >= 0.6 is 11.6 Å². The highest BCUT2D eigenvalue weighted by molar-refractivity contribution is 7.93. The van der Waals surface area contributed by atoms with Crippen molar-refractivity contribution in [3.8, 4) is 0 Å². The lowest BCUT2D eigenvalue weighted by atomic mass is 10.2. The smallest absolute Gasteiger partial charge is 0.263 e. The normalized spacial score (nSPS) is 11.9. The van der Waals surface area contributed by atoms with E-state index in [1.807, 2.05) is 6.07 Å². The first-order valence-electron chi connectivity index (χ1n) is 6.96. The molecule has 0 radical (unpaired) electrons. The van der Waals surface area contributed by atoms with Crippen LogP contribution in [0.4, 0.5) is 5.82 Å². The van der Waals surface area contributed by atoms with Gasteiger partial charge in [-0.05, 0) is 29.7 Å². The molecule has 0 bridgehead atoms. The van der Waals surface area contributed by atoms with E-state index in [0.29, 0.717) is 21.4 Å². The summed E-state index contributed by atoms with van der Waals surface area (Å²) in [6.07, 6.45) is 3.12. The number of hydrogen-bond acceptors (Lipinski definition) is 5. The predicted octanol–water partition coefficient (Wildman–Crippen LogP) is 3.83. The van der Waals surface area contributed by atoms with Crippen molar-refractivity contribution in [3.63, 3.8) is 0 Å². The molecule has 4 rings (SSSR count). The van der Waals surface area contributed by atoms with Gasteiger partial charge in [0.2, 0.25) is 0 Å². The van der Waals surface area contributed by atoms with Gasteiger partial charge >= 0.3 is 0 Å². The molecule has 120 valence electrons. The van der Waals surface area contributed by atoms with E-state index < -0.39 is 10.0 Å². The van der Waals surface area contributed by atoms with Crippen molar-refractivity contribution in [2.45, 2.75) is 4.90 Å². The first kappa shape index (κ1) is 14.9. The number of nitrogens with one attached hydrogen (secondary N) is 1. The highest BCUT2D eigenvalue weighted by Crippen LogP contribution is 2.32. The predicted molar refractivity (Wildman–Crippen MR) is 91.6 cm³/mol. The molecule has 4 aromatic rings. The quantitative estimate of drug-likeness (QED) is 0.600. The fraction of sp³-hybridized carbons (Fsp3) is 0. The van der Waals surface area contributed by atoms with Gasteiger partial charge in [-0.25, -0.2) is 8.42 Å². The van der Waals surface area contributed by atoms with Crippen LogP contribution in [0.25, 0.3) is 21.7 Å². The first-order chi connectivity index (χ1) is 11.6. The van der Waals surface area contributed by atoms with Crippen LogP contribution in [-0.4, -0.2) is 18.6 Å². The summed E-state index contributed by atoms with van der Waals surface area (Å²) < 4.78 is 33.2. The van der Waals surface area contributed by atoms with Crippen LogP contribution in [0.3, 0.4) is 0 Å². The summed E-state index contributed by atoms with van der Waals surface area (Å²) in [5, 5.41) is 5.85. The Hall–Kier alpha value is -2.64. The number of pyridine rings is 1. The molecule has 0 saturated carbocycles. The molecular formula is C16H10ClN3O3S. The molecule has 2 aromatic carbocycles. The first-order valence-corrected chi connectivity index (χ1v) is 8.82. The molecule has 1 N–H and O–H groups in total. The number of nitrogens with zero attached hydrogens (tertiary/aromatic N) is 2. The third kappa shape index (κ3) is 2.38. The van der Waals surface area contributed by atoms with E-state index in [9.17, 15) is 8.42 Å². The Bertz CT molecular complexity index is 1170. The van der Waals surface area contributed by atoms with Gasteiger partial charge in [0.1, 0.15) is 0 Å². The van der Waals surface area contributed by atoms with Crippen LogP contribution in [0.2, 0.25) is 5.02 Å². The monoisotopic (exact) mass is 359 g/mol. The maximum absolute atomic E-state index is 12.8. The lowest BCUT2D eigenvalue weighted by Gasteiger charge is -2.08. The fourth-order valence-corrected chi connectivity index (χ4v) is 4.00. The van der Waals surface area contributed by atoms with Gasteiger partial charge in [0, 0.05) is 17.8 Å². The third-order valence-electron chi connectivity index (χ3n) is 3.61. The number of rotatable bonds is 3. The van der Waals surface area contributed by atoms with E-state index in [1.54, 1.807) is 36.5 Å². The Morgan fingerprint density at radius 2 is 1.92 bits per heavy atom. The highest BCUT2D eigenvalue weighted by Gasteiger charge is 2.21. The molecular weight excluding hydrogens is 350 g/mol. The van der Waals surface area contributed by atoms with E-state index in [4.69, 9.17) is 16.1 Å². The minimum Gasteiger partial charge on any atom is -0.354 e. The standard InChI is InChI=1S/C16H10ClN3O3S/c17-12-4-2-5-13-15(12)16(19-23-13)20-24(21,22)14-6-1-3-10-7-8-18-9-11(10)14/h1-9H,(H,19,20). The van der Waals surface area contributed by atoms with Gasteiger partial charge < -0.3 is 4.52 Å². The Balaban J connectivity index is 1.86. The van der Waals surface area contributed by atoms with Crippen LogP contribution in [0.15, 0.2) is 64.3 Å². The van der Waals surface area contributed by atoms with Gasteiger partial charge in [0.05, 0.1) is 15.3 Å². The van der Waals surface area contributed by atoms with Crippen LogP contribution in [0.1, 0.15) is 0 Å². The number of halogens is 1. The maximum Gasteiger partial charge on any atom is 0.263 e. The van der Waals surface area contributed by atoms with E-state index in [2.05, 4.69) is 14.9 Å². The van der Waals surface area contributed by atoms with Gasteiger partial charge in [-0.3, -0.25) is 9.71 Å². The molecule has 24 heavy (non-hydrogen) atoms. The summed E-state index contributed by atoms with van der Waals surface area (Å²) in [6, 6.07) is 11.7. The van der Waals surface area contributed by atoms with Crippen molar-refractivity contribution < 1.29 is 12.9 Å². The van der Waals surface area contributed by atoms with E-state index in [1.165, 1.54) is 12.3 Å². The zero-order valence-corrected chi connectivity index (χ0v) is 13.7. The van der Waals surface area contributed by atoms with Crippen LogP contribution < -0.4 is 4.72 Å². The van der Waals surface area contributed by atoms with Crippen molar-refractivity contribution in [2.75, 3.05) is 4.72 Å².